The van der Waals surface area contributed by atoms with Crippen molar-refractivity contribution in [1.82, 2.24) is 4.98 Å². The third-order valence-electron chi connectivity index (χ3n) is 7.69. The van der Waals surface area contributed by atoms with Crippen LogP contribution in [0.2, 0.25) is 0 Å². The molecule has 0 fully saturated rings. The van der Waals surface area contributed by atoms with Gasteiger partial charge in [0, 0.05) is 40.6 Å². The minimum atomic E-state index is 0. The molecule has 0 aliphatic carbocycles. The molecule has 0 unspecified atom stereocenters. The summed E-state index contributed by atoms with van der Waals surface area (Å²) in [4.78, 5) is 6.99. The zero-order valence-electron chi connectivity index (χ0n) is 23.5. The van der Waals surface area contributed by atoms with Crippen molar-refractivity contribution in [1.29, 1.82) is 0 Å². The normalized spacial score (nSPS) is 13.9. The zero-order chi connectivity index (χ0) is 26.2. The molecule has 39 heavy (non-hydrogen) atoms. The lowest BCUT2D eigenvalue weighted by Crippen LogP contribution is -2.42. The summed E-state index contributed by atoms with van der Waals surface area (Å²) in [6, 6.07) is 19.1. The molecule has 2 aromatic carbocycles. The molecule has 0 saturated heterocycles. The fraction of sp³-hybridized carbons (Fsp3) is 0.290. The molecule has 1 aliphatic rings. The number of allylic oxidation sites excluding steroid dienone is 2. The van der Waals surface area contributed by atoms with Crippen LogP contribution < -0.4 is 14.2 Å². The molecule has 1 aliphatic heterocycles. The van der Waals surface area contributed by atoms with E-state index in [4.69, 9.17) is 14.1 Å². The monoisotopic (exact) mass is 752 g/mol. The summed E-state index contributed by atoms with van der Waals surface area (Å²) in [5.74, 6) is 1.39. The molecule has 0 amide bonds. The highest BCUT2D eigenvalue weighted by Crippen LogP contribution is 2.41. The van der Waals surface area contributed by atoms with Gasteiger partial charge < -0.3 is 18.5 Å². The number of oxazole rings is 1. The molecule has 3 heterocycles. The van der Waals surface area contributed by atoms with Crippen LogP contribution in [-0.2, 0) is 13.6 Å². The molecule has 0 atom stereocenters. The lowest BCUT2D eigenvalue weighted by atomic mass is 9.94. The molecule has 4 aromatic rings. The summed E-state index contributed by atoms with van der Waals surface area (Å²) in [6.07, 6.45) is 6.20. The second-order valence-corrected chi connectivity index (χ2v) is 10.0. The predicted octanol–water partition coefficient (Wildman–Crippen LogP) is 6.91. The highest BCUT2D eigenvalue weighted by atomic mass is 127. The Morgan fingerprint density at radius 3 is 2.41 bits per heavy atom. The Labute approximate surface area is 265 Å². The Hall–Kier alpha value is -2.44. The van der Waals surface area contributed by atoms with Crippen LogP contribution in [0.15, 0.2) is 71.3 Å². The minimum absolute atomic E-state index is 0. The van der Waals surface area contributed by atoms with Crippen molar-refractivity contribution in [2.24, 2.45) is 7.05 Å². The summed E-state index contributed by atoms with van der Waals surface area (Å²) in [6.45, 7) is 7.79. The lowest BCUT2D eigenvalue weighted by Gasteiger charge is -2.32. The average Bonchev–Trinajstić information content (AvgIpc) is 3.34. The highest BCUT2D eigenvalue weighted by molar-refractivity contribution is 14.0. The van der Waals surface area contributed by atoms with Gasteiger partial charge in [0.05, 0.1) is 40.5 Å². The largest absolute Gasteiger partial charge is 0.497 e. The van der Waals surface area contributed by atoms with E-state index in [9.17, 15) is 0 Å². The predicted molar refractivity (Wildman–Crippen MR) is 181 cm³/mol. The van der Waals surface area contributed by atoms with Crippen molar-refractivity contribution in [3.8, 4) is 5.75 Å². The van der Waals surface area contributed by atoms with E-state index in [-0.39, 0.29) is 48.0 Å². The molecule has 5 rings (SSSR count). The van der Waals surface area contributed by atoms with Gasteiger partial charge in [-0.15, -0.1) is 48.0 Å². The minimum Gasteiger partial charge on any atom is -0.497 e. The zero-order valence-corrected chi connectivity index (χ0v) is 28.1. The van der Waals surface area contributed by atoms with E-state index in [1.807, 2.05) is 42.1 Å². The molecule has 0 bridgehead atoms. The third-order valence-corrected chi connectivity index (χ3v) is 7.69. The Bertz CT molecular complexity index is 1510. The number of benzene rings is 2. The number of nitrogens with zero attached hydrogens (tertiary/aromatic N) is 4. The number of pyridine rings is 1. The summed E-state index contributed by atoms with van der Waals surface area (Å²) < 4.78 is 14.6. The molecule has 6 nitrogen and oxygen atoms in total. The molecule has 0 saturated carbocycles. The SMILES string of the molecule is CC[N+](C)(CC)Cc1ccc(C2=C/C(=C\c3nc4c(ccc[n+]4C)o3)c3cc(OC)ccc3N2C)cc1.I.I. The number of methoxy groups -OCH3 is 1. The first-order valence-corrected chi connectivity index (χ1v) is 12.9. The maximum absolute atomic E-state index is 6.09. The Morgan fingerprint density at radius 1 is 1.05 bits per heavy atom. The summed E-state index contributed by atoms with van der Waals surface area (Å²) in [5, 5.41) is 0. The number of hydrogen-bond acceptors (Lipinski definition) is 4. The molecular formula is C31H38I2N4O2+2. The molecular weight excluding hydrogens is 714 g/mol. The van der Waals surface area contributed by atoms with Crippen LogP contribution >= 0.6 is 48.0 Å². The van der Waals surface area contributed by atoms with Crippen molar-refractivity contribution < 1.29 is 18.2 Å². The summed E-state index contributed by atoms with van der Waals surface area (Å²) in [7, 11) is 8.10. The van der Waals surface area contributed by atoms with Crippen molar-refractivity contribution in [3.05, 3.63) is 89.5 Å². The average molecular weight is 752 g/mol. The first kappa shape index (κ1) is 31.1. The third kappa shape index (κ3) is 6.33. The van der Waals surface area contributed by atoms with E-state index >= 15 is 0 Å². The van der Waals surface area contributed by atoms with Crippen molar-refractivity contribution in [2.45, 2.75) is 20.4 Å². The number of hydrogen-bond donors (Lipinski definition) is 0. The quantitative estimate of drug-likeness (QED) is 0.117. The van der Waals surface area contributed by atoms with Crippen LogP contribution in [-0.4, -0.2) is 43.8 Å². The molecule has 206 valence electrons. The van der Waals surface area contributed by atoms with Crippen molar-refractivity contribution >= 4 is 82.2 Å². The van der Waals surface area contributed by atoms with E-state index in [0.717, 1.165) is 63.6 Å². The standard InChI is InChI=1S/C31H36N4O2.2HI/c1-7-35(5,8-2)21-22-11-13-23(14-12-22)28-18-24(26-20-25(36-6)15-16-27(26)34(28)4)19-30-32-31-29(37-30)10-9-17-33(31)3;;/h9-20H,7-8,21H2,1-6H3;2*1H/q+2;;. The topological polar surface area (TPSA) is 42.4 Å². The van der Waals surface area contributed by atoms with Crippen LogP contribution in [0, 0.1) is 0 Å². The number of quaternary nitrogens is 1. The molecule has 2 aromatic heterocycles. The van der Waals surface area contributed by atoms with Gasteiger partial charge in [-0.05, 0) is 61.4 Å². The van der Waals surface area contributed by atoms with Crippen molar-refractivity contribution in [2.75, 3.05) is 39.2 Å². The van der Waals surface area contributed by atoms with E-state index in [0.29, 0.717) is 5.89 Å². The summed E-state index contributed by atoms with van der Waals surface area (Å²) in [5.41, 5.74) is 8.45. The smallest absolute Gasteiger partial charge is 0.370 e. The number of halogens is 2. The van der Waals surface area contributed by atoms with Crippen molar-refractivity contribution in [3.63, 3.8) is 0 Å². The Balaban J connectivity index is 0.00000210. The molecule has 0 radical (unpaired) electrons. The van der Waals surface area contributed by atoms with Gasteiger partial charge in [-0.1, -0.05) is 24.3 Å². The van der Waals surface area contributed by atoms with Crippen LogP contribution in [0.1, 0.15) is 36.4 Å². The maximum atomic E-state index is 6.09. The molecule has 0 spiro atoms. The lowest BCUT2D eigenvalue weighted by molar-refractivity contribution is -0.919. The van der Waals surface area contributed by atoms with Crippen LogP contribution in [0.5, 0.6) is 5.75 Å². The Morgan fingerprint density at radius 2 is 1.77 bits per heavy atom. The second-order valence-electron chi connectivity index (χ2n) is 10.0. The van der Waals surface area contributed by atoms with E-state index in [2.05, 4.69) is 75.3 Å². The van der Waals surface area contributed by atoms with Gasteiger partial charge in [-0.25, -0.2) is 4.57 Å². The van der Waals surface area contributed by atoms with Crippen LogP contribution in [0.3, 0.4) is 0 Å². The number of anilines is 1. The Kier molecular flexibility index (Phi) is 10.2. The van der Waals surface area contributed by atoms with Gasteiger partial charge in [0.25, 0.3) is 0 Å². The van der Waals surface area contributed by atoms with E-state index in [1.165, 1.54) is 11.1 Å². The first-order chi connectivity index (χ1) is 17.8. The number of rotatable bonds is 7. The number of fused-ring (bicyclic) bond motifs is 2. The number of aryl methyl sites for hydroxylation is 1. The van der Waals surface area contributed by atoms with Gasteiger partial charge in [0.1, 0.15) is 12.3 Å². The fourth-order valence-corrected chi connectivity index (χ4v) is 4.91. The van der Waals surface area contributed by atoms with Gasteiger partial charge in [-0.2, -0.15) is 0 Å². The number of ether oxygens (including phenoxy) is 1. The van der Waals surface area contributed by atoms with Crippen LogP contribution in [0.4, 0.5) is 5.69 Å². The molecule has 8 heteroatoms. The van der Waals surface area contributed by atoms with Gasteiger partial charge >= 0.3 is 11.5 Å². The van der Waals surface area contributed by atoms with Crippen LogP contribution in [0.25, 0.3) is 28.6 Å². The first-order valence-electron chi connectivity index (χ1n) is 12.9. The van der Waals surface area contributed by atoms with Gasteiger partial charge in [-0.3, -0.25) is 0 Å². The highest BCUT2D eigenvalue weighted by Gasteiger charge is 2.24. The fourth-order valence-electron chi connectivity index (χ4n) is 4.91. The van der Waals surface area contributed by atoms with E-state index in [1.54, 1.807) is 7.11 Å². The maximum Gasteiger partial charge on any atom is 0.370 e. The van der Waals surface area contributed by atoms with Gasteiger partial charge in [0.2, 0.25) is 5.58 Å². The number of aromatic nitrogens is 2. The molecule has 0 N–H and O–H groups in total. The van der Waals surface area contributed by atoms with Gasteiger partial charge in [0.15, 0.2) is 0 Å². The second kappa shape index (κ2) is 12.8. The van der Waals surface area contributed by atoms with E-state index < -0.39 is 0 Å². The summed E-state index contributed by atoms with van der Waals surface area (Å²) >= 11 is 0.